The van der Waals surface area contributed by atoms with Crippen LogP contribution in [-0.4, -0.2) is 12.6 Å². The Hall–Kier alpha value is -1.83. The molecule has 88 valence electrons. The highest BCUT2D eigenvalue weighted by atomic mass is 16.5. The van der Waals surface area contributed by atoms with Crippen molar-refractivity contribution < 1.29 is 9.53 Å². The minimum absolute atomic E-state index is 0.280. The van der Waals surface area contributed by atoms with Gasteiger partial charge in [-0.2, -0.15) is 0 Å². The van der Waals surface area contributed by atoms with Crippen molar-refractivity contribution in [3.05, 3.63) is 53.1 Å². The lowest BCUT2D eigenvalue weighted by atomic mass is 10.1. The first-order valence-electron chi connectivity index (χ1n) is 5.85. The van der Waals surface area contributed by atoms with E-state index in [0.29, 0.717) is 6.61 Å². The van der Waals surface area contributed by atoms with E-state index in [1.165, 1.54) is 22.8 Å². The second kappa shape index (κ2) is 5.00. The van der Waals surface area contributed by atoms with Gasteiger partial charge in [-0.15, -0.1) is 0 Å². The molecule has 0 unspecified atom stereocenters. The number of carbonyl (C=O) groups is 1. The Kier molecular flexibility index (Phi) is 3.43. The highest BCUT2D eigenvalue weighted by Gasteiger charge is 2.15. The molecule has 0 saturated heterocycles. The van der Waals surface area contributed by atoms with Crippen LogP contribution in [0.2, 0.25) is 0 Å². The lowest BCUT2D eigenvalue weighted by Gasteiger charge is -2.00. The molecule has 0 saturated carbocycles. The van der Waals surface area contributed by atoms with Crippen LogP contribution in [-0.2, 0) is 16.0 Å². The van der Waals surface area contributed by atoms with E-state index in [9.17, 15) is 4.79 Å². The molecule has 0 radical (unpaired) electrons. The van der Waals surface area contributed by atoms with Crippen molar-refractivity contribution in [1.82, 2.24) is 0 Å². The summed E-state index contributed by atoms with van der Waals surface area (Å²) in [6, 6.07) is 8.29. The molecular weight excluding hydrogens is 212 g/mol. The average molecular weight is 228 g/mol. The summed E-state index contributed by atoms with van der Waals surface area (Å²) in [6.45, 7) is 4.32. The van der Waals surface area contributed by atoms with Gasteiger partial charge < -0.3 is 4.74 Å². The summed E-state index contributed by atoms with van der Waals surface area (Å²) < 4.78 is 4.88. The van der Waals surface area contributed by atoms with E-state index in [4.69, 9.17) is 4.74 Å². The molecule has 17 heavy (non-hydrogen) atoms. The molecule has 0 aliphatic heterocycles. The zero-order valence-electron chi connectivity index (χ0n) is 10.2. The van der Waals surface area contributed by atoms with Crippen LogP contribution in [0.3, 0.4) is 0 Å². The van der Waals surface area contributed by atoms with Gasteiger partial charge in [-0.25, -0.2) is 4.79 Å². The van der Waals surface area contributed by atoms with Gasteiger partial charge in [0.05, 0.1) is 6.61 Å². The summed E-state index contributed by atoms with van der Waals surface area (Å²) in [5.41, 5.74) is 5.00. The minimum Gasteiger partial charge on any atom is -0.463 e. The molecule has 0 spiro atoms. The molecule has 0 heterocycles. The van der Waals surface area contributed by atoms with Gasteiger partial charge in [0.2, 0.25) is 0 Å². The third-order valence-corrected chi connectivity index (χ3v) is 2.90. The fraction of sp³-hybridized carbons (Fsp3) is 0.267. The van der Waals surface area contributed by atoms with Crippen LogP contribution in [0.15, 0.2) is 42.0 Å². The third kappa shape index (κ3) is 2.47. The molecular formula is C15H16O2. The highest BCUT2D eigenvalue weighted by molar-refractivity contribution is 5.89. The number of carbonyl (C=O) groups excluding carboxylic acids is 1. The Bertz CT molecular complexity index is 495. The predicted molar refractivity (Wildman–Crippen MR) is 68.5 cm³/mol. The summed E-state index contributed by atoms with van der Waals surface area (Å²) in [5.74, 6) is -0.280. The maximum Gasteiger partial charge on any atom is 0.330 e. The van der Waals surface area contributed by atoms with Gasteiger partial charge in [-0.3, -0.25) is 0 Å². The first-order chi connectivity index (χ1) is 8.22. The maximum absolute atomic E-state index is 11.3. The van der Waals surface area contributed by atoms with Crippen LogP contribution in [0.5, 0.6) is 0 Å². The van der Waals surface area contributed by atoms with Gasteiger partial charge in [-0.1, -0.05) is 29.8 Å². The monoisotopic (exact) mass is 228 g/mol. The zero-order valence-corrected chi connectivity index (χ0v) is 10.2. The molecule has 2 rings (SSSR count). The smallest absolute Gasteiger partial charge is 0.330 e. The Morgan fingerprint density at radius 2 is 2.18 bits per heavy atom. The van der Waals surface area contributed by atoms with Gasteiger partial charge >= 0.3 is 5.97 Å². The van der Waals surface area contributed by atoms with E-state index < -0.39 is 0 Å². The van der Waals surface area contributed by atoms with Gasteiger partial charge in [0.1, 0.15) is 0 Å². The zero-order chi connectivity index (χ0) is 12.3. The number of hydrogen-bond donors (Lipinski definition) is 0. The minimum atomic E-state index is -0.280. The van der Waals surface area contributed by atoms with Crippen LogP contribution < -0.4 is 0 Å². The third-order valence-electron chi connectivity index (χ3n) is 2.90. The average Bonchev–Trinajstić information content (AvgIpc) is 2.62. The fourth-order valence-corrected chi connectivity index (χ4v) is 2.12. The molecule has 1 aromatic carbocycles. The topological polar surface area (TPSA) is 26.3 Å². The standard InChI is InChI=1S/C15H16O2/c1-3-17-15(16)9-8-13-11(2)10-12-6-4-5-7-14(12)13/h4-9H,3,10H2,1-2H3. The van der Waals surface area contributed by atoms with Gasteiger partial charge in [-0.05, 0) is 43.0 Å². The fourth-order valence-electron chi connectivity index (χ4n) is 2.12. The summed E-state index contributed by atoms with van der Waals surface area (Å²) in [4.78, 5) is 11.3. The van der Waals surface area contributed by atoms with E-state index in [1.807, 2.05) is 18.2 Å². The predicted octanol–water partition coefficient (Wildman–Crippen LogP) is 3.14. The molecule has 0 atom stereocenters. The van der Waals surface area contributed by atoms with E-state index >= 15 is 0 Å². The van der Waals surface area contributed by atoms with E-state index in [-0.39, 0.29) is 5.97 Å². The SMILES string of the molecule is CCOC(=O)C=CC1=C(C)Cc2ccccc21. The molecule has 0 N–H and O–H groups in total. The summed E-state index contributed by atoms with van der Waals surface area (Å²) in [7, 11) is 0. The van der Waals surface area contributed by atoms with Crippen molar-refractivity contribution in [2.24, 2.45) is 0 Å². The van der Waals surface area contributed by atoms with Crippen molar-refractivity contribution in [3.8, 4) is 0 Å². The van der Waals surface area contributed by atoms with Gasteiger partial charge in [0, 0.05) is 6.08 Å². The first kappa shape index (κ1) is 11.6. The van der Waals surface area contributed by atoms with Crippen molar-refractivity contribution in [3.63, 3.8) is 0 Å². The molecule has 1 aliphatic rings. The number of ether oxygens (including phenoxy) is 1. The number of esters is 1. The lowest BCUT2D eigenvalue weighted by Crippen LogP contribution is -1.98. The Morgan fingerprint density at radius 3 is 2.94 bits per heavy atom. The van der Waals surface area contributed by atoms with Crippen LogP contribution >= 0.6 is 0 Å². The first-order valence-corrected chi connectivity index (χ1v) is 5.85. The van der Waals surface area contributed by atoms with Gasteiger partial charge in [0.15, 0.2) is 0 Å². The quantitative estimate of drug-likeness (QED) is 0.587. The number of benzene rings is 1. The molecule has 1 aliphatic carbocycles. The summed E-state index contributed by atoms with van der Waals surface area (Å²) >= 11 is 0. The van der Waals surface area contributed by atoms with E-state index in [1.54, 1.807) is 6.92 Å². The molecule has 0 amide bonds. The second-order valence-electron chi connectivity index (χ2n) is 4.11. The van der Waals surface area contributed by atoms with Gasteiger partial charge in [0.25, 0.3) is 0 Å². The molecule has 1 aromatic rings. The Labute approximate surface area is 102 Å². The summed E-state index contributed by atoms with van der Waals surface area (Å²) in [5, 5.41) is 0. The van der Waals surface area contributed by atoms with Crippen molar-refractivity contribution in [2.75, 3.05) is 6.61 Å². The Balaban J connectivity index is 2.22. The van der Waals surface area contributed by atoms with Crippen LogP contribution in [0.25, 0.3) is 5.57 Å². The van der Waals surface area contributed by atoms with Crippen molar-refractivity contribution in [1.29, 1.82) is 0 Å². The van der Waals surface area contributed by atoms with Crippen LogP contribution in [0.1, 0.15) is 25.0 Å². The number of rotatable bonds is 3. The molecule has 2 nitrogen and oxygen atoms in total. The number of fused-ring (bicyclic) bond motifs is 1. The summed E-state index contributed by atoms with van der Waals surface area (Å²) in [6.07, 6.45) is 4.34. The molecule has 0 aromatic heterocycles. The molecule has 0 bridgehead atoms. The van der Waals surface area contributed by atoms with E-state index in [0.717, 1.165) is 12.0 Å². The second-order valence-corrected chi connectivity index (χ2v) is 4.11. The highest BCUT2D eigenvalue weighted by Crippen LogP contribution is 2.33. The Morgan fingerprint density at radius 1 is 1.41 bits per heavy atom. The molecule has 0 fully saturated rings. The van der Waals surface area contributed by atoms with Crippen LogP contribution in [0, 0.1) is 0 Å². The molecule has 2 heteroatoms. The van der Waals surface area contributed by atoms with Crippen molar-refractivity contribution in [2.45, 2.75) is 20.3 Å². The normalized spacial score (nSPS) is 14.2. The lowest BCUT2D eigenvalue weighted by molar-refractivity contribution is -0.137. The number of hydrogen-bond acceptors (Lipinski definition) is 2. The van der Waals surface area contributed by atoms with E-state index in [2.05, 4.69) is 19.1 Å². The maximum atomic E-state index is 11.3. The largest absolute Gasteiger partial charge is 0.463 e. The number of allylic oxidation sites excluding steroid dienone is 3. The van der Waals surface area contributed by atoms with Crippen molar-refractivity contribution >= 4 is 11.5 Å². The van der Waals surface area contributed by atoms with Crippen LogP contribution in [0.4, 0.5) is 0 Å².